The van der Waals surface area contributed by atoms with E-state index in [-0.39, 0.29) is 174 Å². The molecule has 143 heavy (non-hydrogen) atoms. The molecule has 0 spiro atoms. The van der Waals surface area contributed by atoms with Gasteiger partial charge in [-0.1, -0.05) is 429 Å². The third kappa shape index (κ3) is 31.7. The van der Waals surface area contributed by atoms with Gasteiger partial charge in [0.05, 0.1) is 39.8 Å². The van der Waals surface area contributed by atoms with Gasteiger partial charge in [-0.3, -0.25) is 35.5 Å². The Morgan fingerprint density at radius 3 is 0.406 bits per heavy atom. The van der Waals surface area contributed by atoms with Gasteiger partial charge in [-0.2, -0.15) is 0 Å². The van der Waals surface area contributed by atoms with Gasteiger partial charge in [-0.05, 0) is 150 Å². The van der Waals surface area contributed by atoms with Crippen LogP contribution in [-0.2, 0) is 134 Å². The standard InChI is InChI=1S/6C16H9.2C15H18P2.C5H14P2.6Ag/c6*1-2-14-15-9-5-3-7-12(15)11-13-8-4-6-10-16(13)14;1-16(14-9-5-3-6-10-14)13-17(2)15-11-7-4-8-12-15;1-16(2)13-17(14-9-5-3-6-10-14)15-11-7-4-8-12-15;1-6(2)5-7(3)4;;;;;;/h6*3-11H;2*3-12H,13H2,1-2H3;5H2,1-4H3;;;;;;/q6*-1;;;;6*+1/p+6. The van der Waals surface area contributed by atoms with Gasteiger partial charge in [0.1, 0.15) is 18.5 Å². The topological polar surface area (TPSA) is 0 Å². The van der Waals surface area contributed by atoms with Crippen molar-refractivity contribution in [3.05, 3.63) is 521 Å². The molecule has 22 aromatic carbocycles. The van der Waals surface area contributed by atoms with E-state index in [0.717, 1.165) is 163 Å². The third-order valence-electron chi connectivity index (χ3n) is 23.9. The van der Waals surface area contributed by atoms with Crippen LogP contribution < -0.4 is 21.2 Å². The summed E-state index contributed by atoms with van der Waals surface area (Å²) in [5, 5.41) is 33.3. The van der Waals surface area contributed by atoms with E-state index in [9.17, 15) is 0 Å². The van der Waals surface area contributed by atoms with E-state index in [0.29, 0.717) is 0 Å². The van der Waals surface area contributed by atoms with Crippen molar-refractivity contribution in [3.63, 3.8) is 0 Å². The Hall–Kier alpha value is -9.66. The second-order valence-electron chi connectivity index (χ2n) is 34.6. The summed E-state index contributed by atoms with van der Waals surface area (Å²) in [6.07, 6.45) is 44.7. The first kappa shape index (κ1) is 119. The zero-order chi connectivity index (χ0) is 95.8. The Labute approximate surface area is 948 Å². The molecule has 12 heteroatoms. The quantitative estimate of drug-likeness (QED) is 0.0421. The first-order chi connectivity index (χ1) is 67.1. The molecule has 22 aromatic rings. The van der Waals surface area contributed by atoms with E-state index in [4.69, 9.17) is 38.5 Å². The largest absolute Gasteiger partial charge is 1.00 e. The van der Waals surface area contributed by atoms with Crippen molar-refractivity contribution in [2.75, 3.05) is 71.0 Å². The van der Waals surface area contributed by atoms with E-state index < -0.39 is 7.92 Å². The fourth-order valence-corrected chi connectivity index (χ4v) is 35.6. The summed E-state index contributed by atoms with van der Waals surface area (Å²) >= 11 is 0. The molecule has 22 rings (SSSR count). The Balaban J connectivity index is 0.000000197. The van der Waals surface area contributed by atoms with E-state index >= 15 is 0 Å². The number of rotatable bonds is 10. The summed E-state index contributed by atoms with van der Waals surface area (Å²) in [6.45, 7) is 19.3. The fourth-order valence-electron chi connectivity index (χ4n) is 17.6. The summed E-state index contributed by atoms with van der Waals surface area (Å²) < 4.78 is 0. The smallest absolute Gasteiger partial charge is 0.366 e. The molecule has 0 aliphatic rings. The molecule has 724 valence electrons. The molecule has 0 nitrogen and oxygen atoms in total. The van der Waals surface area contributed by atoms with Crippen molar-refractivity contribution in [1.29, 1.82) is 0 Å². The van der Waals surface area contributed by atoms with Crippen molar-refractivity contribution in [3.8, 4) is 35.5 Å². The normalized spacial score (nSPS) is 10.6. The Morgan fingerprint density at radius 1 is 0.154 bits per heavy atom. The zero-order valence-electron chi connectivity index (χ0n) is 80.7. The van der Waals surface area contributed by atoms with E-state index in [1.54, 1.807) is 27.1 Å². The third-order valence-corrected chi connectivity index (χ3v) is 42.8. The van der Waals surface area contributed by atoms with Crippen LogP contribution in [0.25, 0.3) is 129 Å². The predicted octanol–water partition coefficient (Wildman–Crippen LogP) is 32.0. The molecule has 2 unspecified atom stereocenters. The number of benzene rings is 22. The summed E-state index contributed by atoms with van der Waals surface area (Å²) in [5.41, 5.74) is 5.30. The molecule has 0 amide bonds. The van der Waals surface area contributed by atoms with Crippen LogP contribution in [0, 0.1) is 74.1 Å². The molecule has 0 aromatic heterocycles. The van der Waals surface area contributed by atoms with E-state index in [2.05, 4.69) is 319 Å². The second-order valence-corrected chi connectivity index (χ2v) is 52.4. The van der Waals surface area contributed by atoms with Gasteiger partial charge in [0.25, 0.3) is 0 Å². The van der Waals surface area contributed by atoms with Crippen molar-refractivity contribution >= 4 is 198 Å². The van der Waals surface area contributed by atoms with E-state index in [1.165, 1.54) is 11.8 Å². The van der Waals surface area contributed by atoms with Crippen molar-refractivity contribution in [2.24, 2.45) is 0 Å². The minimum Gasteiger partial charge on any atom is -0.366 e. The van der Waals surface area contributed by atoms with Crippen LogP contribution in [0.2, 0.25) is 0 Å². The molecular weight excluding hydrogens is 2410 g/mol. The molecule has 0 aliphatic carbocycles. The maximum Gasteiger partial charge on any atom is 1.00 e. The zero-order valence-corrected chi connectivity index (χ0v) is 95.5. The first-order valence-electron chi connectivity index (χ1n) is 46.2. The Morgan fingerprint density at radius 2 is 0.280 bits per heavy atom. The number of fused-ring (bicyclic) bond motifs is 12. The molecule has 0 saturated carbocycles. The molecule has 0 radical (unpaired) electrons. The van der Waals surface area contributed by atoms with Crippen LogP contribution in [0.15, 0.2) is 449 Å². The summed E-state index contributed by atoms with van der Waals surface area (Å²) in [5.74, 6) is 19.8. The van der Waals surface area contributed by atoms with Gasteiger partial charge in [-0.25, -0.2) is 0 Å². The van der Waals surface area contributed by atoms with Crippen LogP contribution in [0.3, 0.4) is 0 Å². The minimum absolute atomic E-state index is 0. The SMILES string of the molecule is C[PH+](C)C[PH+](C)C.C[PH+](C)C[PH+](c1ccccc1)c1ccccc1.C[PH+](C[PH+](C)c1ccccc1)c1ccccc1.[Ag+].[Ag+].[Ag+].[Ag+].[Ag+].[Ag+].[C-]#Cc1c2ccccc2cc2ccccc12.[C-]#Cc1c2ccccc2cc2ccccc12.[C-]#Cc1c2ccccc2cc2ccccc12.[C-]#Cc1c2ccccc2cc2ccccc12.[C-]#Cc1c2ccccc2cc2ccccc12.[C-]#Cc1c2ccccc2cc2ccccc12. The minimum atomic E-state index is -0.554. The molecule has 0 aliphatic heterocycles. The number of hydrogen-bond donors (Lipinski definition) is 0. The average molecular weight is 2520 g/mol. The molecular formula is C131H110Ag6P6+6. The predicted molar refractivity (Wildman–Crippen MR) is 622 cm³/mol. The molecule has 0 N–H and O–H groups in total. The summed E-state index contributed by atoms with van der Waals surface area (Å²) in [4.78, 5) is 0. The monoisotopic (exact) mass is 2510 g/mol. The van der Waals surface area contributed by atoms with Crippen LogP contribution in [0.5, 0.6) is 0 Å². The summed E-state index contributed by atoms with van der Waals surface area (Å²) in [7, 11) is -1.25. The fraction of sp³-hybridized carbons (Fsp3) is 0.0840. The van der Waals surface area contributed by atoms with Gasteiger partial charge in [0, 0.05) is 63.8 Å². The van der Waals surface area contributed by atoms with Gasteiger partial charge in [0.15, 0.2) is 17.7 Å². The molecule has 0 heterocycles. The Bertz CT molecular complexity index is 6790. The van der Waals surface area contributed by atoms with E-state index in [1.807, 2.05) is 218 Å². The molecule has 0 saturated heterocycles. The van der Waals surface area contributed by atoms with Crippen molar-refractivity contribution in [1.82, 2.24) is 0 Å². The van der Waals surface area contributed by atoms with Crippen LogP contribution in [0.1, 0.15) is 33.4 Å². The van der Waals surface area contributed by atoms with Gasteiger partial charge in [-0.15, -0.1) is 33.4 Å². The van der Waals surface area contributed by atoms with Gasteiger partial charge >= 0.3 is 134 Å². The Kier molecular flexibility index (Phi) is 50.6. The van der Waals surface area contributed by atoms with Gasteiger partial charge < -0.3 is 38.5 Å². The van der Waals surface area contributed by atoms with Crippen LogP contribution in [-0.4, -0.2) is 71.0 Å². The molecule has 0 bridgehead atoms. The van der Waals surface area contributed by atoms with Crippen molar-refractivity contribution < 1.29 is 134 Å². The maximum atomic E-state index is 7.46. The van der Waals surface area contributed by atoms with Crippen LogP contribution in [0.4, 0.5) is 0 Å². The number of hydrogen-bond acceptors (Lipinski definition) is 0. The van der Waals surface area contributed by atoms with Crippen LogP contribution >= 0.6 is 47.5 Å². The maximum absolute atomic E-state index is 7.46. The first-order valence-corrected chi connectivity index (χ1v) is 60.4. The molecule has 2 atom stereocenters. The molecule has 0 fully saturated rings. The summed E-state index contributed by atoms with van der Waals surface area (Å²) in [6, 6.07) is 155. The van der Waals surface area contributed by atoms with Crippen molar-refractivity contribution in [2.45, 2.75) is 0 Å². The average Bonchev–Trinajstić information content (AvgIpc) is 0.801. The van der Waals surface area contributed by atoms with Gasteiger partial charge in [0.2, 0.25) is 0 Å². The second kappa shape index (κ2) is 61.1.